The minimum atomic E-state index is -1.28. The maximum atomic E-state index is 12.8. The molecule has 1 atom stereocenters. The number of anilines is 1. The molecule has 0 bridgehead atoms. The molecule has 0 saturated carbocycles. The largest absolute Gasteiger partial charge is 0.443 e. The Bertz CT molecular complexity index is 1040. The number of carbonyl (C=O) groups is 2. The second kappa shape index (κ2) is 8.94. The van der Waals surface area contributed by atoms with Gasteiger partial charge in [0.05, 0.1) is 15.6 Å². The van der Waals surface area contributed by atoms with E-state index in [1.807, 2.05) is 0 Å². The predicted molar refractivity (Wildman–Crippen MR) is 106 cm³/mol. The van der Waals surface area contributed by atoms with Crippen LogP contribution in [0.2, 0.25) is 5.02 Å². The van der Waals surface area contributed by atoms with E-state index in [1.165, 1.54) is 24.4 Å². The van der Waals surface area contributed by atoms with E-state index in [1.54, 1.807) is 42.5 Å². The Balaban J connectivity index is 1.85. The lowest BCUT2D eigenvalue weighted by atomic mass is 10.1. The Morgan fingerprint density at radius 3 is 2.41 bits per heavy atom. The second-order valence-corrected chi connectivity index (χ2v) is 6.23. The number of halogens is 1. The molecule has 29 heavy (non-hydrogen) atoms. The number of pyridine rings is 1. The predicted octanol–water partition coefficient (Wildman–Crippen LogP) is 4.18. The van der Waals surface area contributed by atoms with Crippen molar-refractivity contribution in [3.8, 4) is 0 Å². The van der Waals surface area contributed by atoms with Crippen molar-refractivity contribution in [1.82, 2.24) is 4.98 Å². The molecule has 0 aliphatic carbocycles. The number of nitro groups is 1. The van der Waals surface area contributed by atoms with Crippen molar-refractivity contribution in [2.45, 2.75) is 6.10 Å². The van der Waals surface area contributed by atoms with Crippen LogP contribution in [-0.2, 0) is 9.53 Å². The number of amides is 1. The maximum absolute atomic E-state index is 12.8. The van der Waals surface area contributed by atoms with Gasteiger partial charge in [-0.3, -0.25) is 14.9 Å². The van der Waals surface area contributed by atoms with Crippen molar-refractivity contribution in [3.05, 3.63) is 99.3 Å². The van der Waals surface area contributed by atoms with Crippen LogP contribution in [0.1, 0.15) is 22.2 Å². The van der Waals surface area contributed by atoms with Gasteiger partial charge >= 0.3 is 5.97 Å². The molecule has 0 spiro atoms. The van der Waals surface area contributed by atoms with Gasteiger partial charge in [0.15, 0.2) is 0 Å². The van der Waals surface area contributed by atoms with Gasteiger partial charge in [0.25, 0.3) is 11.6 Å². The maximum Gasteiger partial charge on any atom is 0.358 e. The van der Waals surface area contributed by atoms with Crippen molar-refractivity contribution in [1.29, 1.82) is 0 Å². The Morgan fingerprint density at radius 1 is 1.07 bits per heavy atom. The van der Waals surface area contributed by atoms with Crippen LogP contribution >= 0.6 is 11.6 Å². The molecule has 1 amide bonds. The van der Waals surface area contributed by atoms with Crippen LogP contribution in [0.5, 0.6) is 0 Å². The van der Waals surface area contributed by atoms with Gasteiger partial charge in [-0.1, -0.05) is 48.0 Å². The number of esters is 1. The summed E-state index contributed by atoms with van der Waals surface area (Å²) in [4.78, 5) is 39.4. The van der Waals surface area contributed by atoms with Gasteiger partial charge in [-0.15, -0.1) is 0 Å². The van der Waals surface area contributed by atoms with Gasteiger partial charge in [-0.25, -0.2) is 9.78 Å². The van der Waals surface area contributed by atoms with Crippen LogP contribution in [0.4, 0.5) is 11.4 Å². The molecule has 0 aliphatic heterocycles. The first-order valence-electron chi connectivity index (χ1n) is 8.37. The number of carbonyl (C=O) groups excluding carboxylic acids is 2. The molecule has 1 aromatic heterocycles. The normalized spacial score (nSPS) is 11.3. The molecule has 0 fully saturated rings. The van der Waals surface area contributed by atoms with Crippen LogP contribution in [0.15, 0.2) is 72.9 Å². The van der Waals surface area contributed by atoms with E-state index >= 15 is 0 Å². The van der Waals surface area contributed by atoms with Gasteiger partial charge in [0.2, 0.25) is 6.10 Å². The zero-order valence-corrected chi connectivity index (χ0v) is 15.6. The lowest BCUT2D eigenvalue weighted by Crippen LogP contribution is -2.26. The topological polar surface area (TPSA) is 111 Å². The summed E-state index contributed by atoms with van der Waals surface area (Å²) in [5.74, 6) is -1.44. The Hall–Kier alpha value is -3.78. The summed E-state index contributed by atoms with van der Waals surface area (Å²) in [5.41, 5.74) is 0.424. The number of ether oxygens (including phenoxy) is 1. The van der Waals surface area contributed by atoms with Gasteiger partial charge in [-0.2, -0.15) is 0 Å². The number of hydrogen-bond donors (Lipinski definition) is 1. The zero-order chi connectivity index (χ0) is 20.8. The summed E-state index contributed by atoms with van der Waals surface area (Å²) in [6.07, 6.45) is 0.155. The van der Waals surface area contributed by atoms with Crippen LogP contribution < -0.4 is 5.32 Å². The van der Waals surface area contributed by atoms with E-state index in [0.717, 1.165) is 6.07 Å². The first kappa shape index (κ1) is 20.0. The molecule has 146 valence electrons. The fourth-order valence-electron chi connectivity index (χ4n) is 2.47. The summed E-state index contributed by atoms with van der Waals surface area (Å²) in [7, 11) is 0. The minimum absolute atomic E-state index is 0.0181. The molecule has 0 unspecified atom stereocenters. The molecule has 1 N–H and O–H groups in total. The van der Waals surface area contributed by atoms with Crippen LogP contribution in [0, 0.1) is 10.1 Å². The highest BCUT2D eigenvalue weighted by Gasteiger charge is 2.27. The second-order valence-electron chi connectivity index (χ2n) is 5.82. The van der Waals surface area contributed by atoms with Crippen molar-refractivity contribution >= 4 is 34.9 Å². The minimum Gasteiger partial charge on any atom is -0.443 e. The quantitative estimate of drug-likeness (QED) is 0.370. The molecular weight excluding hydrogens is 398 g/mol. The summed E-state index contributed by atoms with van der Waals surface area (Å²) in [6.45, 7) is 0. The number of nitro benzene ring substituents is 1. The molecule has 0 radical (unpaired) electrons. The third-order valence-corrected chi connectivity index (χ3v) is 4.17. The van der Waals surface area contributed by atoms with Crippen LogP contribution in [-0.4, -0.2) is 21.8 Å². The molecule has 3 aromatic rings. The summed E-state index contributed by atoms with van der Waals surface area (Å²) >= 11 is 6.03. The third kappa shape index (κ3) is 4.94. The van der Waals surface area contributed by atoms with Gasteiger partial charge in [0.1, 0.15) is 5.69 Å². The summed E-state index contributed by atoms with van der Waals surface area (Å²) < 4.78 is 5.39. The van der Waals surface area contributed by atoms with Crippen LogP contribution in [0.25, 0.3) is 0 Å². The number of aromatic nitrogens is 1. The van der Waals surface area contributed by atoms with Gasteiger partial charge in [-0.05, 0) is 18.2 Å². The molecular formula is C20H14ClN3O5. The molecule has 0 aliphatic rings. The van der Waals surface area contributed by atoms with E-state index < -0.39 is 22.9 Å². The lowest BCUT2D eigenvalue weighted by Gasteiger charge is -2.18. The van der Waals surface area contributed by atoms with Crippen molar-refractivity contribution in [3.63, 3.8) is 0 Å². The standard InChI is InChI=1S/C20H14ClN3O5/c21-15-12-14(24(27)28)9-10-16(15)23-19(25)18(13-6-2-1-3-7-13)29-20(26)17-8-4-5-11-22-17/h1-12,18H,(H,23,25)/t18-/m1/s1. The van der Waals surface area contributed by atoms with E-state index in [2.05, 4.69) is 10.3 Å². The molecule has 8 nitrogen and oxygen atoms in total. The Labute approximate surface area is 170 Å². The first-order valence-corrected chi connectivity index (χ1v) is 8.75. The Morgan fingerprint density at radius 2 is 1.79 bits per heavy atom. The van der Waals surface area contributed by atoms with E-state index in [0.29, 0.717) is 5.56 Å². The highest BCUT2D eigenvalue weighted by molar-refractivity contribution is 6.34. The van der Waals surface area contributed by atoms with E-state index in [-0.39, 0.29) is 22.1 Å². The molecule has 2 aromatic carbocycles. The van der Waals surface area contributed by atoms with Crippen molar-refractivity contribution in [2.75, 3.05) is 5.32 Å². The average Bonchev–Trinajstić information content (AvgIpc) is 2.74. The molecule has 0 saturated heterocycles. The third-order valence-electron chi connectivity index (χ3n) is 3.86. The first-order chi connectivity index (χ1) is 14.0. The number of hydrogen-bond acceptors (Lipinski definition) is 6. The molecule has 9 heteroatoms. The number of nitrogens with one attached hydrogen (secondary N) is 1. The smallest absolute Gasteiger partial charge is 0.358 e. The van der Waals surface area contributed by atoms with Crippen molar-refractivity contribution in [2.24, 2.45) is 0 Å². The fraction of sp³-hybridized carbons (Fsp3) is 0.0500. The number of nitrogens with zero attached hydrogens (tertiary/aromatic N) is 2. The summed E-state index contributed by atoms with van der Waals surface area (Å²) in [6, 6.07) is 16.8. The fourth-order valence-corrected chi connectivity index (χ4v) is 2.69. The summed E-state index contributed by atoms with van der Waals surface area (Å²) in [5, 5.41) is 13.4. The van der Waals surface area contributed by atoms with E-state index in [4.69, 9.17) is 16.3 Å². The van der Waals surface area contributed by atoms with Gasteiger partial charge in [0, 0.05) is 23.9 Å². The number of rotatable bonds is 6. The highest BCUT2D eigenvalue weighted by Crippen LogP contribution is 2.28. The van der Waals surface area contributed by atoms with E-state index in [9.17, 15) is 19.7 Å². The van der Waals surface area contributed by atoms with Gasteiger partial charge < -0.3 is 10.1 Å². The lowest BCUT2D eigenvalue weighted by molar-refractivity contribution is -0.384. The van der Waals surface area contributed by atoms with Crippen LogP contribution in [0.3, 0.4) is 0 Å². The zero-order valence-electron chi connectivity index (χ0n) is 14.8. The number of non-ortho nitro benzene ring substituents is 1. The Kier molecular flexibility index (Phi) is 6.16. The molecule has 3 rings (SSSR count). The van der Waals surface area contributed by atoms with Crippen molar-refractivity contribution < 1.29 is 19.2 Å². The molecule has 1 heterocycles. The monoisotopic (exact) mass is 411 g/mol. The number of benzene rings is 2. The highest BCUT2D eigenvalue weighted by atomic mass is 35.5. The average molecular weight is 412 g/mol. The SMILES string of the molecule is O=C(O[C@@H](C(=O)Nc1ccc([N+](=O)[O-])cc1Cl)c1ccccc1)c1ccccn1.